The van der Waals surface area contributed by atoms with E-state index in [-0.39, 0.29) is 17.0 Å². The molecule has 23 heavy (non-hydrogen) atoms. The normalized spacial score (nSPS) is 14.5. The van der Waals surface area contributed by atoms with Crippen LogP contribution in [0.1, 0.15) is 37.1 Å². The highest BCUT2D eigenvalue weighted by Gasteiger charge is 2.18. The number of hydrogen-bond donors (Lipinski definition) is 1. The number of ether oxygens (including phenoxy) is 1. The lowest BCUT2D eigenvalue weighted by molar-refractivity contribution is 0.400. The van der Waals surface area contributed by atoms with E-state index in [1.807, 2.05) is 32.4 Å². The highest BCUT2D eigenvalue weighted by molar-refractivity contribution is 7.90. The van der Waals surface area contributed by atoms with Crippen molar-refractivity contribution in [2.45, 2.75) is 30.8 Å². The molecule has 0 unspecified atom stereocenters. The monoisotopic (exact) mass is 337 g/mol. The van der Waals surface area contributed by atoms with Crippen molar-refractivity contribution in [3.63, 3.8) is 0 Å². The number of hydrogen-bond acceptors (Lipinski definition) is 5. The van der Waals surface area contributed by atoms with E-state index >= 15 is 0 Å². The van der Waals surface area contributed by atoms with Crippen LogP contribution in [-0.4, -0.2) is 31.6 Å². The first-order valence-corrected chi connectivity index (χ1v) is 9.24. The van der Waals surface area contributed by atoms with Gasteiger partial charge in [-0.1, -0.05) is 6.07 Å². The molecule has 0 radical (unpaired) electrons. The Labute approximate surface area is 137 Å². The van der Waals surface area contributed by atoms with Crippen LogP contribution in [-0.2, 0) is 16.9 Å². The first kappa shape index (κ1) is 17.5. The molecule has 1 aromatic carbocycles. The van der Waals surface area contributed by atoms with Crippen LogP contribution in [0, 0.1) is 0 Å². The van der Waals surface area contributed by atoms with E-state index in [0.717, 1.165) is 11.1 Å². The summed E-state index contributed by atoms with van der Waals surface area (Å²) in [6, 6.07) is 5.33. The number of aromatic nitrogens is 2. The van der Waals surface area contributed by atoms with Gasteiger partial charge >= 0.3 is 0 Å². The summed E-state index contributed by atoms with van der Waals surface area (Å²) < 4.78 is 30.5. The zero-order chi connectivity index (χ0) is 17.2. The van der Waals surface area contributed by atoms with Crippen LogP contribution in [0.4, 0.5) is 0 Å². The van der Waals surface area contributed by atoms with E-state index in [0.29, 0.717) is 5.75 Å². The Balaban J connectivity index is 2.21. The molecule has 7 heteroatoms. The van der Waals surface area contributed by atoms with Crippen LogP contribution < -0.4 is 10.1 Å². The number of nitrogens with zero attached hydrogens (tertiary/aromatic N) is 2. The van der Waals surface area contributed by atoms with Gasteiger partial charge in [0.05, 0.1) is 13.3 Å². The molecule has 0 fully saturated rings. The van der Waals surface area contributed by atoms with Crippen molar-refractivity contribution >= 4 is 9.84 Å². The Morgan fingerprint density at radius 3 is 2.39 bits per heavy atom. The van der Waals surface area contributed by atoms with Gasteiger partial charge in [0.1, 0.15) is 10.6 Å². The Kier molecular flexibility index (Phi) is 5.11. The Hall–Kier alpha value is -1.86. The predicted octanol–water partition coefficient (Wildman–Crippen LogP) is 2.24. The van der Waals surface area contributed by atoms with Crippen LogP contribution in [0.3, 0.4) is 0 Å². The summed E-state index contributed by atoms with van der Waals surface area (Å²) in [7, 11) is 0.0520. The number of methoxy groups -OCH3 is 1. The Bertz CT molecular complexity index is 784. The molecule has 0 saturated heterocycles. The summed E-state index contributed by atoms with van der Waals surface area (Å²) in [5, 5.41) is 7.65. The fourth-order valence-corrected chi connectivity index (χ4v) is 3.31. The lowest BCUT2D eigenvalue weighted by atomic mass is 10.1. The van der Waals surface area contributed by atoms with E-state index in [1.54, 1.807) is 16.8 Å². The van der Waals surface area contributed by atoms with Gasteiger partial charge in [-0.3, -0.25) is 4.68 Å². The summed E-state index contributed by atoms with van der Waals surface area (Å²) in [4.78, 5) is 0.205. The van der Waals surface area contributed by atoms with E-state index < -0.39 is 9.84 Å². The molecule has 1 aromatic heterocycles. The van der Waals surface area contributed by atoms with Gasteiger partial charge in [-0.2, -0.15) is 5.10 Å². The molecule has 0 aliphatic heterocycles. The second-order valence-corrected chi connectivity index (χ2v) is 7.72. The lowest BCUT2D eigenvalue weighted by Gasteiger charge is -2.20. The van der Waals surface area contributed by atoms with Crippen molar-refractivity contribution in [1.82, 2.24) is 15.1 Å². The average Bonchev–Trinajstić information content (AvgIpc) is 2.92. The maximum absolute atomic E-state index is 11.8. The molecule has 2 atom stereocenters. The summed E-state index contributed by atoms with van der Waals surface area (Å²) in [5.41, 5.74) is 2.06. The average molecular weight is 337 g/mol. The molecule has 2 rings (SSSR count). The molecule has 126 valence electrons. The highest BCUT2D eigenvalue weighted by atomic mass is 32.2. The molecule has 1 N–H and O–H groups in total. The summed E-state index contributed by atoms with van der Waals surface area (Å²) in [6.45, 7) is 4.09. The number of nitrogens with one attached hydrogen (secondary N) is 1. The Morgan fingerprint density at radius 1 is 1.22 bits per heavy atom. The molecule has 0 aliphatic carbocycles. The first-order valence-electron chi connectivity index (χ1n) is 7.35. The van der Waals surface area contributed by atoms with Gasteiger partial charge < -0.3 is 10.1 Å². The third kappa shape index (κ3) is 4.11. The minimum atomic E-state index is -3.31. The maximum atomic E-state index is 11.8. The van der Waals surface area contributed by atoms with Crippen molar-refractivity contribution in [3.05, 3.63) is 41.7 Å². The summed E-state index contributed by atoms with van der Waals surface area (Å²) in [5.74, 6) is 0.368. The fourth-order valence-electron chi connectivity index (χ4n) is 2.49. The molecule has 0 bridgehead atoms. The van der Waals surface area contributed by atoms with Gasteiger partial charge in [-0.25, -0.2) is 8.42 Å². The van der Waals surface area contributed by atoms with Crippen LogP contribution in [0.25, 0.3) is 0 Å². The summed E-state index contributed by atoms with van der Waals surface area (Å²) in [6.07, 6.45) is 4.98. The van der Waals surface area contributed by atoms with Crippen LogP contribution in [0.5, 0.6) is 5.75 Å². The Morgan fingerprint density at radius 2 is 1.87 bits per heavy atom. The van der Waals surface area contributed by atoms with Gasteiger partial charge in [0, 0.05) is 37.1 Å². The van der Waals surface area contributed by atoms with Crippen LogP contribution >= 0.6 is 0 Å². The molecule has 6 nitrogen and oxygen atoms in total. The van der Waals surface area contributed by atoms with Crippen molar-refractivity contribution in [2.75, 3.05) is 13.4 Å². The van der Waals surface area contributed by atoms with E-state index in [4.69, 9.17) is 4.74 Å². The SMILES string of the molecule is COc1cc([C@@H](C)N[C@@H](C)c2cnn(C)c2)ccc1S(C)(=O)=O. The topological polar surface area (TPSA) is 73.2 Å². The zero-order valence-corrected chi connectivity index (χ0v) is 14.9. The minimum absolute atomic E-state index is 0.0349. The molecule has 0 aliphatic rings. The van der Waals surface area contributed by atoms with Gasteiger partial charge in [-0.05, 0) is 31.5 Å². The number of rotatable bonds is 6. The molecular weight excluding hydrogens is 314 g/mol. The lowest BCUT2D eigenvalue weighted by Crippen LogP contribution is -2.22. The number of benzene rings is 1. The largest absolute Gasteiger partial charge is 0.495 e. The van der Waals surface area contributed by atoms with Crippen molar-refractivity contribution in [1.29, 1.82) is 0 Å². The number of aryl methyl sites for hydroxylation is 1. The predicted molar refractivity (Wildman–Crippen MR) is 89.3 cm³/mol. The van der Waals surface area contributed by atoms with Crippen molar-refractivity contribution in [3.8, 4) is 5.75 Å². The fraction of sp³-hybridized carbons (Fsp3) is 0.438. The first-order chi connectivity index (χ1) is 10.7. The van der Waals surface area contributed by atoms with Crippen molar-refractivity contribution < 1.29 is 13.2 Å². The third-order valence-corrected chi connectivity index (χ3v) is 4.95. The molecular formula is C16H23N3O3S. The third-order valence-electron chi connectivity index (χ3n) is 3.81. The highest BCUT2D eigenvalue weighted by Crippen LogP contribution is 2.28. The molecule has 0 spiro atoms. The molecule has 0 amide bonds. The van der Waals surface area contributed by atoms with Gasteiger partial charge in [0.2, 0.25) is 0 Å². The van der Waals surface area contributed by atoms with Gasteiger partial charge in [0.25, 0.3) is 0 Å². The molecule has 0 saturated carbocycles. The number of sulfone groups is 1. The second kappa shape index (κ2) is 6.72. The smallest absolute Gasteiger partial charge is 0.179 e. The van der Waals surface area contributed by atoms with E-state index in [1.165, 1.54) is 13.4 Å². The van der Waals surface area contributed by atoms with Crippen molar-refractivity contribution in [2.24, 2.45) is 7.05 Å². The minimum Gasteiger partial charge on any atom is -0.495 e. The second-order valence-electron chi connectivity index (χ2n) is 5.74. The maximum Gasteiger partial charge on any atom is 0.179 e. The molecule has 2 aromatic rings. The standard InChI is InChI=1S/C16H23N3O3S/c1-11(18-12(2)14-9-17-19(3)10-14)13-6-7-16(23(5,20)21)15(8-13)22-4/h6-12,18H,1-5H3/t11-,12+/m1/s1. The van der Waals surface area contributed by atoms with Gasteiger partial charge in [-0.15, -0.1) is 0 Å². The van der Waals surface area contributed by atoms with Gasteiger partial charge in [0.15, 0.2) is 9.84 Å². The van der Waals surface area contributed by atoms with E-state index in [9.17, 15) is 8.42 Å². The van der Waals surface area contributed by atoms with Crippen LogP contribution in [0.15, 0.2) is 35.5 Å². The molecule has 1 heterocycles. The summed E-state index contributed by atoms with van der Waals surface area (Å²) >= 11 is 0. The zero-order valence-electron chi connectivity index (χ0n) is 14.1. The quantitative estimate of drug-likeness (QED) is 0.875. The van der Waals surface area contributed by atoms with E-state index in [2.05, 4.69) is 17.3 Å². The van der Waals surface area contributed by atoms with Crippen LogP contribution in [0.2, 0.25) is 0 Å².